The van der Waals surface area contributed by atoms with Crippen molar-refractivity contribution in [2.75, 3.05) is 25.1 Å². The Labute approximate surface area is 124 Å². The Kier molecular flexibility index (Phi) is 6.68. The van der Waals surface area contributed by atoms with Crippen LogP contribution in [0.4, 0.5) is 10.5 Å². The first-order valence-electron chi connectivity index (χ1n) is 6.87. The molecule has 6 heteroatoms. The minimum Gasteiger partial charge on any atom is -0.478 e. The van der Waals surface area contributed by atoms with Crippen molar-refractivity contribution in [2.45, 2.75) is 20.8 Å². The van der Waals surface area contributed by atoms with Crippen LogP contribution in [0, 0.1) is 12.8 Å². The number of hydrogen-bond acceptors (Lipinski definition) is 3. The lowest BCUT2D eigenvalue weighted by atomic mass is 10.1. The minimum absolute atomic E-state index is 0.174. The summed E-state index contributed by atoms with van der Waals surface area (Å²) in [5.41, 5.74) is 1.18. The van der Waals surface area contributed by atoms with E-state index in [4.69, 9.17) is 9.84 Å². The van der Waals surface area contributed by atoms with Crippen molar-refractivity contribution in [1.82, 2.24) is 5.32 Å². The zero-order chi connectivity index (χ0) is 15.8. The molecule has 0 atom stereocenters. The van der Waals surface area contributed by atoms with Crippen molar-refractivity contribution < 1.29 is 19.4 Å². The summed E-state index contributed by atoms with van der Waals surface area (Å²) in [4.78, 5) is 22.7. The van der Waals surface area contributed by atoms with Crippen molar-refractivity contribution >= 4 is 17.7 Å². The molecule has 116 valence electrons. The smallest absolute Gasteiger partial charge is 0.336 e. The first-order chi connectivity index (χ1) is 9.91. The Morgan fingerprint density at radius 1 is 1.33 bits per heavy atom. The van der Waals surface area contributed by atoms with E-state index in [0.717, 1.165) is 0 Å². The van der Waals surface area contributed by atoms with Gasteiger partial charge in [0.1, 0.15) is 0 Å². The molecule has 0 fully saturated rings. The Bertz CT molecular complexity index is 500. The summed E-state index contributed by atoms with van der Waals surface area (Å²) >= 11 is 0. The number of amides is 2. The van der Waals surface area contributed by atoms with Crippen LogP contribution >= 0.6 is 0 Å². The van der Waals surface area contributed by atoms with Crippen LogP contribution in [-0.2, 0) is 4.74 Å². The Morgan fingerprint density at radius 3 is 2.67 bits per heavy atom. The molecule has 0 bridgehead atoms. The molecule has 0 saturated carbocycles. The highest BCUT2D eigenvalue weighted by Gasteiger charge is 2.11. The van der Waals surface area contributed by atoms with Gasteiger partial charge in [-0.15, -0.1) is 0 Å². The van der Waals surface area contributed by atoms with Gasteiger partial charge in [-0.05, 0) is 30.5 Å². The number of hydrogen-bond donors (Lipinski definition) is 3. The number of benzene rings is 1. The van der Waals surface area contributed by atoms with E-state index in [1.165, 1.54) is 6.07 Å². The molecule has 1 aromatic carbocycles. The van der Waals surface area contributed by atoms with Crippen molar-refractivity contribution in [2.24, 2.45) is 5.92 Å². The topological polar surface area (TPSA) is 87.7 Å². The largest absolute Gasteiger partial charge is 0.478 e. The van der Waals surface area contributed by atoms with Crippen molar-refractivity contribution in [3.63, 3.8) is 0 Å². The van der Waals surface area contributed by atoms with Crippen molar-refractivity contribution in [1.29, 1.82) is 0 Å². The lowest BCUT2D eigenvalue weighted by Crippen LogP contribution is -2.32. The summed E-state index contributed by atoms with van der Waals surface area (Å²) in [5, 5.41) is 14.3. The lowest BCUT2D eigenvalue weighted by Gasteiger charge is -2.12. The maximum atomic E-state index is 11.7. The molecule has 3 N–H and O–H groups in total. The van der Waals surface area contributed by atoms with Crippen LogP contribution < -0.4 is 10.6 Å². The van der Waals surface area contributed by atoms with Gasteiger partial charge in [0.15, 0.2) is 0 Å². The molecule has 0 heterocycles. The molecule has 6 nitrogen and oxygen atoms in total. The maximum absolute atomic E-state index is 11.7. The molecule has 1 rings (SSSR count). The quantitative estimate of drug-likeness (QED) is 0.674. The van der Waals surface area contributed by atoms with Gasteiger partial charge < -0.3 is 20.5 Å². The SMILES string of the molecule is Cc1c(NC(=O)NCCOCC(C)C)cccc1C(=O)O. The fourth-order valence-corrected chi connectivity index (χ4v) is 1.73. The van der Waals surface area contributed by atoms with Gasteiger partial charge in [-0.25, -0.2) is 9.59 Å². The predicted molar refractivity (Wildman–Crippen MR) is 80.8 cm³/mol. The Morgan fingerprint density at radius 2 is 2.05 bits per heavy atom. The molecule has 1 aromatic rings. The summed E-state index contributed by atoms with van der Waals surface area (Å²) in [6, 6.07) is 4.38. The molecule has 0 saturated heterocycles. The number of rotatable bonds is 7. The van der Waals surface area contributed by atoms with Crippen LogP contribution in [0.25, 0.3) is 0 Å². The van der Waals surface area contributed by atoms with E-state index in [1.54, 1.807) is 19.1 Å². The number of anilines is 1. The van der Waals surface area contributed by atoms with Crippen molar-refractivity contribution in [3.05, 3.63) is 29.3 Å². The third-order valence-corrected chi connectivity index (χ3v) is 2.80. The van der Waals surface area contributed by atoms with E-state index < -0.39 is 5.97 Å². The molecule has 0 radical (unpaired) electrons. The zero-order valence-electron chi connectivity index (χ0n) is 12.6. The van der Waals surface area contributed by atoms with Gasteiger partial charge in [-0.3, -0.25) is 0 Å². The minimum atomic E-state index is -1.02. The fourth-order valence-electron chi connectivity index (χ4n) is 1.73. The third kappa shape index (κ3) is 5.83. The monoisotopic (exact) mass is 294 g/mol. The highest BCUT2D eigenvalue weighted by Crippen LogP contribution is 2.18. The normalized spacial score (nSPS) is 10.5. The standard InChI is InChI=1S/C15H22N2O4/c1-10(2)9-21-8-7-16-15(20)17-13-6-4-5-12(11(13)3)14(18)19/h4-6,10H,7-9H2,1-3H3,(H,18,19)(H2,16,17,20). The van der Waals surface area contributed by atoms with E-state index >= 15 is 0 Å². The summed E-state index contributed by atoms with van der Waals surface area (Å²) in [6.07, 6.45) is 0. The molecule has 2 amide bonds. The fraction of sp³-hybridized carbons (Fsp3) is 0.467. The molecule has 0 unspecified atom stereocenters. The third-order valence-electron chi connectivity index (χ3n) is 2.80. The number of nitrogens with one attached hydrogen (secondary N) is 2. The molecule has 0 aromatic heterocycles. The number of carboxylic acid groups (broad SMARTS) is 1. The van der Waals surface area contributed by atoms with Crippen LogP contribution in [0.3, 0.4) is 0 Å². The first kappa shape index (κ1) is 17.0. The van der Waals surface area contributed by atoms with E-state index in [2.05, 4.69) is 24.5 Å². The second-order valence-electron chi connectivity index (χ2n) is 5.13. The number of ether oxygens (including phenoxy) is 1. The molecule has 21 heavy (non-hydrogen) atoms. The number of urea groups is 1. The zero-order valence-corrected chi connectivity index (χ0v) is 12.6. The Balaban J connectivity index is 2.45. The number of carbonyl (C=O) groups excluding carboxylic acids is 1. The molecule has 0 aliphatic rings. The van der Waals surface area contributed by atoms with Gasteiger partial charge >= 0.3 is 12.0 Å². The first-order valence-corrected chi connectivity index (χ1v) is 6.87. The highest BCUT2D eigenvalue weighted by molar-refractivity contribution is 5.95. The van der Waals surface area contributed by atoms with Crippen LogP contribution in [0.2, 0.25) is 0 Å². The van der Waals surface area contributed by atoms with Crippen LogP contribution in [0.1, 0.15) is 29.8 Å². The van der Waals surface area contributed by atoms with Gasteiger partial charge in [-0.2, -0.15) is 0 Å². The van der Waals surface area contributed by atoms with Gasteiger partial charge in [0.25, 0.3) is 0 Å². The number of aromatic carboxylic acids is 1. The average molecular weight is 294 g/mol. The molecule has 0 aliphatic carbocycles. The van der Waals surface area contributed by atoms with E-state index in [9.17, 15) is 9.59 Å². The van der Waals surface area contributed by atoms with Crippen LogP contribution in [-0.4, -0.2) is 36.9 Å². The van der Waals surface area contributed by atoms with E-state index in [1.807, 2.05) is 0 Å². The van der Waals surface area contributed by atoms with Crippen LogP contribution in [0.15, 0.2) is 18.2 Å². The van der Waals surface area contributed by atoms with E-state index in [0.29, 0.717) is 36.9 Å². The summed E-state index contributed by atoms with van der Waals surface area (Å²) in [6.45, 7) is 7.26. The lowest BCUT2D eigenvalue weighted by molar-refractivity contribution is 0.0696. The number of carboxylic acids is 1. The molecule has 0 aliphatic heterocycles. The van der Waals surface area contributed by atoms with Gasteiger partial charge in [0, 0.05) is 18.8 Å². The second-order valence-corrected chi connectivity index (χ2v) is 5.13. The molecular formula is C15H22N2O4. The maximum Gasteiger partial charge on any atom is 0.336 e. The highest BCUT2D eigenvalue weighted by atomic mass is 16.5. The van der Waals surface area contributed by atoms with Gasteiger partial charge in [-0.1, -0.05) is 19.9 Å². The predicted octanol–water partition coefficient (Wildman–Crippen LogP) is 2.49. The van der Waals surface area contributed by atoms with Crippen LogP contribution in [0.5, 0.6) is 0 Å². The van der Waals surface area contributed by atoms with Gasteiger partial charge in [0.2, 0.25) is 0 Å². The number of carbonyl (C=O) groups is 2. The average Bonchev–Trinajstić information content (AvgIpc) is 2.40. The molecule has 0 spiro atoms. The summed E-state index contributed by atoms with van der Waals surface area (Å²) < 4.78 is 5.35. The van der Waals surface area contributed by atoms with E-state index in [-0.39, 0.29) is 11.6 Å². The van der Waals surface area contributed by atoms with Crippen molar-refractivity contribution in [3.8, 4) is 0 Å². The van der Waals surface area contributed by atoms with Gasteiger partial charge in [0.05, 0.1) is 12.2 Å². The molecular weight excluding hydrogens is 272 g/mol. The summed E-state index contributed by atoms with van der Waals surface area (Å²) in [5.74, 6) is -0.557. The summed E-state index contributed by atoms with van der Waals surface area (Å²) in [7, 11) is 0. The Hall–Kier alpha value is -2.08. The second kappa shape index (κ2) is 8.26.